The van der Waals surface area contributed by atoms with E-state index in [1.54, 1.807) is 0 Å². The van der Waals surface area contributed by atoms with Crippen LogP contribution in [0.4, 0.5) is 0 Å². The second-order valence-corrected chi connectivity index (χ2v) is 4.13. The highest BCUT2D eigenvalue weighted by Crippen LogP contribution is 2.28. The molecule has 0 amide bonds. The summed E-state index contributed by atoms with van der Waals surface area (Å²) in [6.45, 7) is 3.25. The molecule has 4 heteroatoms. The summed E-state index contributed by atoms with van der Waals surface area (Å²) in [5.74, 6) is 1.79. The zero-order valence-electron chi connectivity index (χ0n) is 10.9. The van der Waals surface area contributed by atoms with Gasteiger partial charge in [0.25, 0.3) is 0 Å². The Bertz CT molecular complexity index is 520. The van der Waals surface area contributed by atoms with Crippen molar-refractivity contribution in [1.29, 1.82) is 0 Å². The molecule has 0 unspecified atom stereocenters. The zero-order chi connectivity index (χ0) is 13.0. The predicted octanol–water partition coefficient (Wildman–Crippen LogP) is 1.99. The van der Waals surface area contributed by atoms with Crippen molar-refractivity contribution in [3.8, 4) is 17.1 Å². The van der Waals surface area contributed by atoms with Gasteiger partial charge in [0, 0.05) is 19.7 Å². The molecule has 2 rings (SSSR count). The molecule has 2 aromatic rings. The summed E-state index contributed by atoms with van der Waals surface area (Å²) in [5.41, 5.74) is 7.60. The van der Waals surface area contributed by atoms with E-state index < -0.39 is 0 Å². The minimum Gasteiger partial charge on any atom is -0.493 e. The Morgan fingerprint density at radius 2 is 2.11 bits per heavy atom. The average molecular weight is 245 g/mol. The molecule has 1 aromatic heterocycles. The number of hydrogen-bond acceptors (Lipinski definition) is 3. The molecule has 2 N–H and O–H groups in total. The largest absolute Gasteiger partial charge is 0.493 e. The van der Waals surface area contributed by atoms with Crippen LogP contribution in [0.5, 0.6) is 5.75 Å². The van der Waals surface area contributed by atoms with E-state index in [4.69, 9.17) is 10.5 Å². The van der Waals surface area contributed by atoms with Gasteiger partial charge in [-0.2, -0.15) is 0 Å². The number of rotatable bonds is 5. The Hall–Kier alpha value is -1.81. The lowest BCUT2D eigenvalue weighted by atomic mass is 10.2. The van der Waals surface area contributed by atoms with Gasteiger partial charge in [0.2, 0.25) is 0 Å². The van der Waals surface area contributed by atoms with E-state index in [0.29, 0.717) is 13.2 Å². The summed E-state index contributed by atoms with van der Waals surface area (Å²) in [6, 6.07) is 7.96. The maximum absolute atomic E-state index is 5.64. The van der Waals surface area contributed by atoms with Gasteiger partial charge in [-0.05, 0) is 25.6 Å². The van der Waals surface area contributed by atoms with Crippen molar-refractivity contribution in [2.45, 2.75) is 13.3 Å². The van der Waals surface area contributed by atoms with E-state index in [9.17, 15) is 0 Å². The number of ether oxygens (including phenoxy) is 1. The fraction of sp³-hybridized carbons (Fsp3) is 0.357. The van der Waals surface area contributed by atoms with Gasteiger partial charge in [-0.15, -0.1) is 0 Å². The fourth-order valence-electron chi connectivity index (χ4n) is 1.98. The molecule has 0 saturated heterocycles. The van der Waals surface area contributed by atoms with Gasteiger partial charge in [-0.25, -0.2) is 4.98 Å². The monoisotopic (exact) mass is 245 g/mol. The van der Waals surface area contributed by atoms with Crippen LogP contribution >= 0.6 is 0 Å². The molecule has 1 aromatic carbocycles. The summed E-state index contributed by atoms with van der Waals surface area (Å²) in [6.07, 6.45) is 2.82. The standard InChI is InChI=1S/C14H19N3O/c1-3-18-13-7-5-4-6-12(13)14-16-11(8-9-15)10-17(14)2/h4-7,10H,3,8-9,15H2,1-2H3. The third-order valence-corrected chi connectivity index (χ3v) is 2.75. The topological polar surface area (TPSA) is 53.1 Å². The molecule has 1 heterocycles. The predicted molar refractivity (Wildman–Crippen MR) is 72.6 cm³/mol. The SMILES string of the molecule is CCOc1ccccc1-c1nc(CCN)cn1C. The Kier molecular flexibility index (Phi) is 3.99. The molecule has 18 heavy (non-hydrogen) atoms. The van der Waals surface area contributed by atoms with Crippen molar-refractivity contribution in [2.24, 2.45) is 12.8 Å². The molecule has 96 valence electrons. The normalized spacial score (nSPS) is 10.6. The first-order chi connectivity index (χ1) is 8.76. The Balaban J connectivity index is 2.41. The Labute approximate surface area is 107 Å². The van der Waals surface area contributed by atoms with E-state index in [0.717, 1.165) is 29.3 Å². The van der Waals surface area contributed by atoms with E-state index in [1.807, 2.05) is 49.0 Å². The van der Waals surface area contributed by atoms with E-state index in [-0.39, 0.29) is 0 Å². The maximum Gasteiger partial charge on any atom is 0.143 e. The summed E-state index contributed by atoms with van der Waals surface area (Å²) in [4.78, 5) is 4.62. The lowest BCUT2D eigenvalue weighted by Gasteiger charge is -2.09. The van der Waals surface area contributed by atoms with Gasteiger partial charge in [-0.3, -0.25) is 0 Å². The fourth-order valence-corrected chi connectivity index (χ4v) is 1.98. The third-order valence-electron chi connectivity index (χ3n) is 2.75. The molecule has 0 aliphatic carbocycles. The van der Waals surface area contributed by atoms with Gasteiger partial charge >= 0.3 is 0 Å². The van der Waals surface area contributed by atoms with Crippen molar-refractivity contribution >= 4 is 0 Å². The summed E-state index contributed by atoms with van der Waals surface area (Å²) in [7, 11) is 1.99. The number of nitrogens with zero attached hydrogens (tertiary/aromatic N) is 2. The first-order valence-corrected chi connectivity index (χ1v) is 6.20. The molecule has 0 fully saturated rings. The van der Waals surface area contributed by atoms with Crippen LogP contribution in [0, 0.1) is 0 Å². The van der Waals surface area contributed by atoms with Crippen molar-refractivity contribution < 1.29 is 4.74 Å². The lowest BCUT2D eigenvalue weighted by molar-refractivity contribution is 0.341. The summed E-state index contributed by atoms with van der Waals surface area (Å²) in [5, 5.41) is 0. The van der Waals surface area contributed by atoms with Crippen LogP contribution in [0.25, 0.3) is 11.4 Å². The van der Waals surface area contributed by atoms with Crippen LogP contribution in [-0.4, -0.2) is 22.7 Å². The van der Waals surface area contributed by atoms with E-state index in [1.165, 1.54) is 0 Å². The van der Waals surface area contributed by atoms with Gasteiger partial charge in [0.15, 0.2) is 0 Å². The average Bonchev–Trinajstić information content (AvgIpc) is 2.72. The van der Waals surface area contributed by atoms with Crippen molar-refractivity contribution in [3.05, 3.63) is 36.2 Å². The molecule has 0 spiro atoms. The second kappa shape index (κ2) is 5.69. The molecular formula is C14H19N3O. The first-order valence-electron chi connectivity index (χ1n) is 6.20. The van der Waals surface area contributed by atoms with Gasteiger partial charge in [-0.1, -0.05) is 12.1 Å². The van der Waals surface area contributed by atoms with Crippen LogP contribution in [0.2, 0.25) is 0 Å². The summed E-state index contributed by atoms with van der Waals surface area (Å²) >= 11 is 0. The number of para-hydroxylation sites is 1. The number of hydrogen-bond donors (Lipinski definition) is 1. The van der Waals surface area contributed by atoms with Gasteiger partial charge < -0.3 is 15.0 Å². The van der Waals surface area contributed by atoms with Crippen molar-refractivity contribution in [2.75, 3.05) is 13.2 Å². The van der Waals surface area contributed by atoms with Crippen LogP contribution in [0.3, 0.4) is 0 Å². The first kappa shape index (κ1) is 12.6. The molecule has 0 saturated carbocycles. The number of imidazole rings is 1. The van der Waals surface area contributed by atoms with Gasteiger partial charge in [0.05, 0.1) is 17.9 Å². The molecule has 0 radical (unpaired) electrons. The van der Waals surface area contributed by atoms with E-state index in [2.05, 4.69) is 4.98 Å². The highest BCUT2D eigenvalue weighted by molar-refractivity contribution is 5.64. The minimum atomic E-state index is 0.615. The molecule has 4 nitrogen and oxygen atoms in total. The zero-order valence-corrected chi connectivity index (χ0v) is 10.9. The number of nitrogens with two attached hydrogens (primary N) is 1. The highest BCUT2D eigenvalue weighted by atomic mass is 16.5. The molecule has 0 aliphatic rings. The number of aryl methyl sites for hydroxylation is 1. The highest BCUT2D eigenvalue weighted by Gasteiger charge is 2.11. The summed E-state index contributed by atoms with van der Waals surface area (Å²) < 4.78 is 7.65. The second-order valence-electron chi connectivity index (χ2n) is 4.13. The van der Waals surface area contributed by atoms with Crippen LogP contribution in [0.1, 0.15) is 12.6 Å². The number of benzene rings is 1. The molecule has 0 bridgehead atoms. The maximum atomic E-state index is 5.64. The molecular weight excluding hydrogens is 226 g/mol. The smallest absolute Gasteiger partial charge is 0.143 e. The van der Waals surface area contributed by atoms with E-state index >= 15 is 0 Å². The van der Waals surface area contributed by atoms with Crippen molar-refractivity contribution in [3.63, 3.8) is 0 Å². The quantitative estimate of drug-likeness (QED) is 0.876. The Morgan fingerprint density at radius 1 is 1.33 bits per heavy atom. The van der Waals surface area contributed by atoms with Crippen molar-refractivity contribution in [1.82, 2.24) is 9.55 Å². The molecule has 0 aliphatic heterocycles. The van der Waals surface area contributed by atoms with Crippen LogP contribution in [0.15, 0.2) is 30.5 Å². The number of aromatic nitrogens is 2. The van der Waals surface area contributed by atoms with Crippen LogP contribution < -0.4 is 10.5 Å². The Morgan fingerprint density at radius 3 is 2.83 bits per heavy atom. The molecule has 0 atom stereocenters. The lowest BCUT2D eigenvalue weighted by Crippen LogP contribution is -2.02. The van der Waals surface area contributed by atoms with Gasteiger partial charge in [0.1, 0.15) is 11.6 Å². The third kappa shape index (κ3) is 2.54. The van der Waals surface area contributed by atoms with Crippen LogP contribution in [-0.2, 0) is 13.5 Å². The minimum absolute atomic E-state index is 0.615.